The number of H-pyrrole nitrogens is 1. The van der Waals surface area contributed by atoms with Crippen molar-refractivity contribution in [3.05, 3.63) is 75.8 Å². The average molecular weight is 487 g/mol. The number of ether oxygens (including phenoxy) is 1. The van der Waals surface area contributed by atoms with Crippen molar-refractivity contribution < 1.29 is 9.53 Å². The van der Waals surface area contributed by atoms with Crippen LogP contribution in [-0.2, 0) is 11.3 Å². The lowest BCUT2D eigenvalue weighted by molar-refractivity contribution is 0.0526. The topological polar surface area (TPSA) is 114 Å². The minimum Gasteiger partial charge on any atom is -0.462 e. The molecular formula is C27H30N6O3. The fourth-order valence-corrected chi connectivity index (χ4v) is 4.67. The molecule has 2 aromatic heterocycles. The second-order valence-corrected chi connectivity index (χ2v) is 9.08. The first-order chi connectivity index (χ1) is 17.5. The Balaban J connectivity index is 1.43. The van der Waals surface area contributed by atoms with E-state index in [1.165, 1.54) is 0 Å². The summed E-state index contributed by atoms with van der Waals surface area (Å²) in [4.78, 5) is 36.9. The van der Waals surface area contributed by atoms with Gasteiger partial charge >= 0.3 is 11.7 Å². The predicted octanol–water partition coefficient (Wildman–Crippen LogP) is 3.34. The molecule has 1 aliphatic heterocycles. The van der Waals surface area contributed by atoms with E-state index < -0.39 is 0 Å². The van der Waals surface area contributed by atoms with Gasteiger partial charge in [-0.1, -0.05) is 30.3 Å². The SMILES string of the molecule is CCOC(=O)c1cccc(-c2cccc(Cn3c(=O)[nH]c4cnc(NC[C@@H]5CCNC5)nc43)c2C)c1. The van der Waals surface area contributed by atoms with Crippen LogP contribution in [0.15, 0.2) is 53.5 Å². The van der Waals surface area contributed by atoms with Gasteiger partial charge in [-0.25, -0.2) is 14.6 Å². The lowest BCUT2D eigenvalue weighted by Crippen LogP contribution is -2.19. The summed E-state index contributed by atoms with van der Waals surface area (Å²) < 4.78 is 6.79. The van der Waals surface area contributed by atoms with Gasteiger partial charge in [-0.05, 0) is 73.7 Å². The number of hydrogen-bond donors (Lipinski definition) is 3. The summed E-state index contributed by atoms with van der Waals surface area (Å²) in [7, 11) is 0. The van der Waals surface area contributed by atoms with E-state index >= 15 is 0 Å². The highest BCUT2D eigenvalue weighted by Crippen LogP contribution is 2.27. The van der Waals surface area contributed by atoms with Gasteiger partial charge in [0.2, 0.25) is 5.95 Å². The van der Waals surface area contributed by atoms with E-state index in [1.807, 2.05) is 43.3 Å². The third-order valence-electron chi connectivity index (χ3n) is 6.68. The van der Waals surface area contributed by atoms with Crippen molar-refractivity contribution in [2.75, 3.05) is 31.6 Å². The first-order valence-electron chi connectivity index (χ1n) is 12.3. The number of anilines is 1. The Bertz CT molecular complexity index is 1450. The molecule has 0 bridgehead atoms. The summed E-state index contributed by atoms with van der Waals surface area (Å²) in [5.74, 6) is 0.723. The number of nitrogens with zero attached hydrogens (tertiary/aromatic N) is 3. The van der Waals surface area contributed by atoms with Gasteiger partial charge in [0.15, 0.2) is 5.65 Å². The van der Waals surface area contributed by atoms with Crippen LogP contribution >= 0.6 is 0 Å². The van der Waals surface area contributed by atoms with E-state index in [0.29, 0.717) is 41.7 Å². The predicted molar refractivity (Wildman–Crippen MR) is 139 cm³/mol. The van der Waals surface area contributed by atoms with Gasteiger partial charge in [-0.15, -0.1) is 0 Å². The molecular weight excluding hydrogens is 456 g/mol. The number of aromatic amines is 1. The molecule has 0 amide bonds. The summed E-state index contributed by atoms with van der Waals surface area (Å²) in [6.07, 6.45) is 2.78. The van der Waals surface area contributed by atoms with Crippen LogP contribution in [0.5, 0.6) is 0 Å². The maximum absolute atomic E-state index is 12.8. The fraction of sp³-hybridized carbons (Fsp3) is 0.333. The molecule has 2 aromatic carbocycles. The maximum atomic E-state index is 12.8. The van der Waals surface area contributed by atoms with Crippen LogP contribution in [0.1, 0.15) is 34.8 Å². The Morgan fingerprint density at radius 1 is 1.25 bits per heavy atom. The molecule has 1 aliphatic rings. The van der Waals surface area contributed by atoms with Gasteiger partial charge in [0, 0.05) is 6.54 Å². The quantitative estimate of drug-likeness (QED) is 0.327. The molecule has 1 saturated heterocycles. The fourth-order valence-electron chi connectivity index (χ4n) is 4.67. The molecule has 4 aromatic rings. The Morgan fingerprint density at radius 2 is 2.11 bits per heavy atom. The van der Waals surface area contributed by atoms with Gasteiger partial charge < -0.3 is 20.4 Å². The minimum atomic E-state index is -0.341. The first-order valence-corrected chi connectivity index (χ1v) is 12.3. The molecule has 36 heavy (non-hydrogen) atoms. The van der Waals surface area contributed by atoms with Crippen molar-refractivity contribution in [2.45, 2.75) is 26.8 Å². The molecule has 9 nitrogen and oxygen atoms in total. The molecule has 1 fully saturated rings. The molecule has 3 N–H and O–H groups in total. The number of esters is 1. The highest BCUT2D eigenvalue weighted by atomic mass is 16.5. The van der Waals surface area contributed by atoms with Crippen LogP contribution in [0.25, 0.3) is 22.3 Å². The Labute approximate surface area is 208 Å². The molecule has 1 atom stereocenters. The summed E-state index contributed by atoms with van der Waals surface area (Å²) in [6, 6.07) is 13.4. The van der Waals surface area contributed by atoms with E-state index in [1.54, 1.807) is 23.8 Å². The monoisotopic (exact) mass is 486 g/mol. The molecule has 0 aliphatic carbocycles. The van der Waals surface area contributed by atoms with Crippen LogP contribution < -0.4 is 16.3 Å². The smallest absolute Gasteiger partial charge is 0.338 e. The third kappa shape index (κ3) is 4.87. The van der Waals surface area contributed by atoms with Crippen LogP contribution in [0, 0.1) is 12.8 Å². The second-order valence-electron chi connectivity index (χ2n) is 9.08. The molecule has 9 heteroatoms. The summed E-state index contributed by atoms with van der Waals surface area (Å²) in [6.45, 7) is 7.32. The number of carbonyl (C=O) groups is 1. The lowest BCUT2D eigenvalue weighted by Gasteiger charge is -2.13. The van der Waals surface area contributed by atoms with Gasteiger partial charge in [-0.3, -0.25) is 4.57 Å². The maximum Gasteiger partial charge on any atom is 0.338 e. The van der Waals surface area contributed by atoms with Gasteiger partial charge in [0.05, 0.1) is 24.9 Å². The van der Waals surface area contributed by atoms with Crippen LogP contribution in [0.3, 0.4) is 0 Å². The Morgan fingerprint density at radius 3 is 2.92 bits per heavy atom. The number of carbonyl (C=O) groups excluding carboxylic acids is 1. The molecule has 186 valence electrons. The van der Waals surface area contributed by atoms with Crippen LogP contribution in [-0.4, -0.2) is 51.7 Å². The molecule has 0 unspecified atom stereocenters. The largest absolute Gasteiger partial charge is 0.462 e. The van der Waals surface area contributed by atoms with Gasteiger partial charge in [-0.2, -0.15) is 4.98 Å². The lowest BCUT2D eigenvalue weighted by atomic mass is 9.95. The first kappa shape index (κ1) is 23.7. The van der Waals surface area contributed by atoms with E-state index in [9.17, 15) is 9.59 Å². The van der Waals surface area contributed by atoms with Crippen molar-refractivity contribution in [1.82, 2.24) is 24.8 Å². The van der Waals surface area contributed by atoms with Crippen molar-refractivity contribution in [3.8, 4) is 11.1 Å². The summed E-state index contributed by atoms with van der Waals surface area (Å²) >= 11 is 0. The zero-order valence-electron chi connectivity index (χ0n) is 20.5. The van der Waals surface area contributed by atoms with E-state index in [-0.39, 0.29) is 11.7 Å². The van der Waals surface area contributed by atoms with E-state index in [2.05, 4.69) is 25.6 Å². The zero-order chi connectivity index (χ0) is 25.1. The molecule has 5 rings (SSSR count). The van der Waals surface area contributed by atoms with Gasteiger partial charge in [0.1, 0.15) is 5.52 Å². The van der Waals surface area contributed by atoms with Crippen molar-refractivity contribution in [3.63, 3.8) is 0 Å². The molecule has 0 radical (unpaired) electrons. The summed E-state index contributed by atoms with van der Waals surface area (Å²) in [5.41, 5.74) is 5.38. The number of benzene rings is 2. The number of fused-ring (bicyclic) bond motifs is 1. The number of aromatic nitrogens is 4. The van der Waals surface area contributed by atoms with Gasteiger partial charge in [0.25, 0.3) is 0 Å². The van der Waals surface area contributed by atoms with E-state index in [4.69, 9.17) is 4.74 Å². The Kier molecular flexibility index (Phi) is 6.81. The minimum absolute atomic E-state index is 0.231. The standard InChI is InChI=1S/C27H30N6O3/c1-3-36-25(34)20-7-4-6-19(12-20)22-9-5-8-21(17(22)2)16-33-24-23(31-27(33)35)15-30-26(32-24)29-14-18-10-11-28-13-18/h4-9,12,15,18,28H,3,10-11,13-14,16H2,1-2H3,(H,31,35)(H,29,30,32)/t18-/m1/s1. The van der Waals surface area contributed by atoms with Crippen molar-refractivity contribution >= 4 is 23.1 Å². The average Bonchev–Trinajstić information content (AvgIpc) is 3.52. The van der Waals surface area contributed by atoms with Crippen LogP contribution in [0.2, 0.25) is 0 Å². The molecule has 0 saturated carbocycles. The second kappa shape index (κ2) is 10.3. The highest BCUT2D eigenvalue weighted by molar-refractivity contribution is 5.91. The number of imidazole rings is 1. The third-order valence-corrected chi connectivity index (χ3v) is 6.68. The van der Waals surface area contributed by atoms with Crippen LogP contribution in [0.4, 0.5) is 5.95 Å². The zero-order valence-corrected chi connectivity index (χ0v) is 20.5. The summed E-state index contributed by atoms with van der Waals surface area (Å²) in [5, 5.41) is 6.67. The number of hydrogen-bond acceptors (Lipinski definition) is 7. The highest BCUT2D eigenvalue weighted by Gasteiger charge is 2.17. The molecule has 0 spiro atoms. The van der Waals surface area contributed by atoms with Crippen molar-refractivity contribution in [2.24, 2.45) is 5.92 Å². The normalized spacial score (nSPS) is 15.3. The van der Waals surface area contributed by atoms with Crippen molar-refractivity contribution in [1.29, 1.82) is 0 Å². The molecule has 3 heterocycles. The van der Waals surface area contributed by atoms with E-state index in [0.717, 1.165) is 48.3 Å². The Hall–Kier alpha value is -3.98. The number of rotatable bonds is 8. The number of nitrogens with one attached hydrogen (secondary N) is 3.